The maximum absolute atomic E-state index is 5.97. The molecule has 1 nitrogen and oxygen atoms in total. The number of hydrogen-bond donors (Lipinski definition) is 1. The molecule has 0 bridgehead atoms. The Labute approximate surface area is 72.1 Å². The lowest BCUT2D eigenvalue weighted by Crippen LogP contribution is -2.36. The van der Waals surface area contributed by atoms with E-state index in [1.165, 1.54) is 0 Å². The lowest BCUT2D eigenvalue weighted by Gasteiger charge is -2.28. The van der Waals surface area contributed by atoms with Crippen LogP contribution in [0.25, 0.3) is 0 Å². The average Bonchev–Trinajstić information content (AvgIpc) is 1.95. The second-order valence-electron chi connectivity index (χ2n) is 2.83. The molecule has 0 aromatic heterocycles. The topological polar surface area (TPSA) is 12.0 Å². The monoisotopic (exact) mass is 181 g/mol. The Morgan fingerprint density at radius 3 is 2.40 bits per heavy atom. The van der Waals surface area contributed by atoms with Gasteiger partial charge in [0, 0.05) is 6.04 Å². The molecule has 3 heteroatoms. The average molecular weight is 182 g/mol. The molecule has 1 saturated carbocycles. The maximum Gasteiger partial charge on any atom is 0.0514 e. The predicted molar refractivity (Wildman–Crippen MR) is 46.0 cm³/mol. The molecule has 0 heterocycles. The van der Waals surface area contributed by atoms with Gasteiger partial charge in [-0.2, -0.15) is 0 Å². The Morgan fingerprint density at radius 1 is 1.20 bits per heavy atom. The summed E-state index contributed by atoms with van der Waals surface area (Å²) in [6.07, 6.45) is 3.21. The van der Waals surface area contributed by atoms with Crippen molar-refractivity contribution < 1.29 is 0 Å². The minimum absolute atomic E-state index is 0.160. The molecule has 0 aromatic rings. The van der Waals surface area contributed by atoms with Crippen LogP contribution in [0.1, 0.15) is 19.3 Å². The molecule has 0 radical (unpaired) electrons. The van der Waals surface area contributed by atoms with Crippen molar-refractivity contribution >= 4 is 23.2 Å². The van der Waals surface area contributed by atoms with Crippen molar-refractivity contribution in [2.24, 2.45) is 0 Å². The number of alkyl halides is 2. The third-order valence-corrected chi connectivity index (χ3v) is 3.23. The van der Waals surface area contributed by atoms with Crippen LogP contribution < -0.4 is 5.32 Å². The minimum atomic E-state index is 0.160. The Morgan fingerprint density at radius 2 is 1.90 bits per heavy atom. The molecule has 3 unspecified atom stereocenters. The molecule has 0 spiro atoms. The van der Waals surface area contributed by atoms with Crippen molar-refractivity contribution in [3.8, 4) is 0 Å². The van der Waals surface area contributed by atoms with Gasteiger partial charge in [0.15, 0.2) is 0 Å². The summed E-state index contributed by atoms with van der Waals surface area (Å²) in [4.78, 5) is 0. The van der Waals surface area contributed by atoms with E-state index in [-0.39, 0.29) is 10.8 Å². The molecule has 10 heavy (non-hydrogen) atoms. The highest BCUT2D eigenvalue weighted by molar-refractivity contribution is 6.30. The Kier molecular flexibility index (Phi) is 3.28. The second kappa shape index (κ2) is 3.80. The Bertz CT molecular complexity index is 108. The predicted octanol–water partition coefficient (Wildman–Crippen LogP) is 1.97. The molecule has 60 valence electrons. The summed E-state index contributed by atoms with van der Waals surface area (Å²) in [5, 5.41) is 3.56. The van der Waals surface area contributed by atoms with Gasteiger partial charge in [0.25, 0.3) is 0 Å². The van der Waals surface area contributed by atoms with Gasteiger partial charge in [-0.3, -0.25) is 0 Å². The molecule has 1 aliphatic rings. The van der Waals surface area contributed by atoms with Gasteiger partial charge in [-0.05, 0) is 26.3 Å². The molecule has 0 amide bonds. The van der Waals surface area contributed by atoms with Crippen LogP contribution in [0.5, 0.6) is 0 Å². The quantitative estimate of drug-likeness (QED) is 0.611. The molecule has 0 aliphatic heterocycles. The zero-order valence-electron chi connectivity index (χ0n) is 6.11. The first-order valence-electron chi connectivity index (χ1n) is 3.69. The van der Waals surface area contributed by atoms with Crippen LogP contribution in [0.15, 0.2) is 0 Å². The molecule has 1 N–H and O–H groups in total. The zero-order chi connectivity index (χ0) is 7.56. The fourth-order valence-corrected chi connectivity index (χ4v) is 1.91. The number of halogens is 2. The van der Waals surface area contributed by atoms with Gasteiger partial charge < -0.3 is 5.32 Å². The van der Waals surface area contributed by atoms with Crippen molar-refractivity contribution in [3.05, 3.63) is 0 Å². The Balaban J connectivity index is 2.33. The van der Waals surface area contributed by atoms with Crippen LogP contribution in [0, 0.1) is 0 Å². The van der Waals surface area contributed by atoms with Crippen LogP contribution in [-0.2, 0) is 0 Å². The van der Waals surface area contributed by atoms with E-state index in [4.69, 9.17) is 23.2 Å². The summed E-state index contributed by atoms with van der Waals surface area (Å²) in [6.45, 7) is 0. The van der Waals surface area contributed by atoms with Gasteiger partial charge in [0.1, 0.15) is 0 Å². The Hall–Kier alpha value is 0.540. The fourth-order valence-electron chi connectivity index (χ4n) is 1.34. The summed E-state index contributed by atoms with van der Waals surface area (Å²) in [5.74, 6) is 0. The van der Waals surface area contributed by atoms with Gasteiger partial charge in [0.2, 0.25) is 0 Å². The molecule has 1 aliphatic carbocycles. The largest absolute Gasteiger partial charge is 0.317 e. The minimum Gasteiger partial charge on any atom is -0.317 e. The molecule has 0 saturated heterocycles. The van der Waals surface area contributed by atoms with Crippen LogP contribution in [0.2, 0.25) is 0 Å². The van der Waals surface area contributed by atoms with E-state index in [0.717, 1.165) is 19.3 Å². The van der Waals surface area contributed by atoms with Crippen LogP contribution in [-0.4, -0.2) is 23.8 Å². The van der Waals surface area contributed by atoms with Crippen molar-refractivity contribution in [2.45, 2.75) is 36.1 Å². The third kappa shape index (κ3) is 2.01. The van der Waals surface area contributed by atoms with Gasteiger partial charge in [-0.15, -0.1) is 23.2 Å². The number of nitrogens with one attached hydrogen (secondary N) is 1. The number of rotatable bonds is 1. The molecular weight excluding hydrogens is 169 g/mol. The van der Waals surface area contributed by atoms with Crippen molar-refractivity contribution in [2.75, 3.05) is 7.05 Å². The van der Waals surface area contributed by atoms with Crippen LogP contribution in [0.3, 0.4) is 0 Å². The highest BCUT2D eigenvalue weighted by Gasteiger charge is 2.26. The summed E-state index contributed by atoms with van der Waals surface area (Å²) < 4.78 is 0. The first-order valence-corrected chi connectivity index (χ1v) is 4.56. The van der Waals surface area contributed by atoms with E-state index in [1.54, 1.807) is 0 Å². The van der Waals surface area contributed by atoms with Gasteiger partial charge in [0.05, 0.1) is 10.8 Å². The van der Waals surface area contributed by atoms with E-state index in [1.807, 2.05) is 7.05 Å². The van der Waals surface area contributed by atoms with Gasteiger partial charge in [-0.25, -0.2) is 0 Å². The first kappa shape index (κ1) is 8.63. The van der Waals surface area contributed by atoms with E-state index < -0.39 is 0 Å². The van der Waals surface area contributed by atoms with Crippen LogP contribution >= 0.6 is 23.2 Å². The van der Waals surface area contributed by atoms with Crippen molar-refractivity contribution in [3.63, 3.8) is 0 Å². The standard InChI is InChI=1S/C7H13Cl2N/c1-10-5-2-3-6(8)7(9)4-5/h5-7,10H,2-4H2,1H3. The zero-order valence-corrected chi connectivity index (χ0v) is 7.62. The molecular formula is C7H13Cl2N. The molecule has 3 atom stereocenters. The SMILES string of the molecule is CNC1CCC(Cl)C(Cl)C1. The van der Waals surface area contributed by atoms with Gasteiger partial charge in [-0.1, -0.05) is 0 Å². The highest BCUT2D eigenvalue weighted by Crippen LogP contribution is 2.27. The summed E-state index contributed by atoms with van der Waals surface area (Å²) >= 11 is 11.9. The van der Waals surface area contributed by atoms with Gasteiger partial charge >= 0.3 is 0 Å². The van der Waals surface area contributed by atoms with E-state index >= 15 is 0 Å². The second-order valence-corrected chi connectivity index (χ2v) is 3.95. The fraction of sp³-hybridized carbons (Fsp3) is 1.00. The number of hydrogen-bond acceptors (Lipinski definition) is 1. The van der Waals surface area contributed by atoms with Crippen molar-refractivity contribution in [1.29, 1.82) is 0 Å². The first-order chi connectivity index (χ1) is 4.74. The van der Waals surface area contributed by atoms with E-state index in [2.05, 4.69) is 5.32 Å². The lowest BCUT2D eigenvalue weighted by molar-refractivity contribution is 0.403. The summed E-state index contributed by atoms with van der Waals surface area (Å²) in [5.41, 5.74) is 0. The van der Waals surface area contributed by atoms with Crippen LogP contribution in [0.4, 0.5) is 0 Å². The molecule has 0 aromatic carbocycles. The third-order valence-electron chi connectivity index (χ3n) is 2.10. The van der Waals surface area contributed by atoms with E-state index in [9.17, 15) is 0 Å². The summed E-state index contributed by atoms with van der Waals surface area (Å²) in [7, 11) is 1.98. The molecule has 1 fully saturated rings. The lowest BCUT2D eigenvalue weighted by atomic mass is 9.95. The highest BCUT2D eigenvalue weighted by atomic mass is 35.5. The molecule has 1 rings (SSSR count). The maximum atomic E-state index is 5.97. The smallest absolute Gasteiger partial charge is 0.0514 e. The van der Waals surface area contributed by atoms with Crippen molar-refractivity contribution in [1.82, 2.24) is 5.32 Å². The summed E-state index contributed by atoms with van der Waals surface area (Å²) in [6, 6.07) is 0.581. The normalized spacial score (nSPS) is 41.7. The van der Waals surface area contributed by atoms with E-state index in [0.29, 0.717) is 6.04 Å².